The van der Waals surface area contributed by atoms with Gasteiger partial charge in [0, 0.05) is 17.1 Å². The topological polar surface area (TPSA) is 15.3 Å². The minimum atomic E-state index is 0.774. The molecule has 19 heavy (non-hydrogen) atoms. The first-order valence-corrected chi connectivity index (χ1v) is 8.21. The van der Waals surface area contributed by atoms with Crippen LogP contribution in [0.25, 0.3) is 0 Å². The Balaban J connectivity index is 1.64. The molecule has 0 radical (unpaired) electrons. The number of nitrogens with one attached hydrogen (secondary N) is 1. The third kappa shape index (κ3) is 3.04. The molecule has 1 aromatic rings. The van der Waals surface area contributed by atoms with E-state index in [1.807, 2.05) is 0 Å². The van der Waals surface area contributed by atoms with Gasteiger partial charge in [-0.2, -0.15) is 0 Å². The van der Waals surface area contributed by atoms with Gasteiger partial charge in [0.2, 0.25) is 0 Å². The smallest absolute Gasteiger partial charge is 0.0178 e. The van der Waals surface area contributed by atoms with Crippen molar-refractivity contribution in [1.82, 2.24) is 10.2 Å². The van der Waals surface area contributed by atoms with Crippen LogP contribution in [0.4, 0.5) is 0 Å². The summed E-state index contributed by atoms with van der Waals surface area (Å²) in [6.45, 7) is 3.76. The minimum Gasteiger partial charge on any atom is -0.319 e. The van der Waals surface area contributed by atoms with Gasteiger partial charge in [0.15, 0.2) is 0 Å². The van der Waals surface area contributed by atoms with Gasteiger partial charge in [0.25, 0.3) is 0 Å². The summed E-state index contributed by atoms with van der Waals surface area (Å²) in [7, 11) is 2.07. The fraction of sp³-hybridized carbons (Fsp3) is 0.625. The summed E-state index contributed by atoms with van der Waals surface area (Å²) in [5, 5.41) is 3.32. The molecule has 1 aliphatic carbocycles. The van der Waals surface area contributed by atoms with Crippen LogP contribution in [-0.2, 0) is 12.8 Å². The zero-order chi connectivity index (χ0) is 13.2. The molecule has 1 aromatic carbocycles. The molecule has 1 heterocycles. The van der Waals surface area contributed by atoms with E-state index in [0.29, 0.717) is 0 Å². The summed E-state index contributed by atoms with van der Waals surface area (Å²) in [6.07, 6.45) is 5.18. The van der Waals surface area contributed by atoms with E-state index in [-0.39, 0.29) is 0 Å². The Hall–Kier alpha value is -0.380. The first-order chi connectivity index (χ1) is 9.26. The zero-order valence-electron chi connectivity index (χ0n) is 11.7. The van der Waals surface area contributed by atoms with E-state index in [0.717, 1.165) is 12.0 Å². The van der Waals surface area contributed by atoms with Gasteiger partial charge in [-0.15, -0.1) is 0 Å². The second kappa shape index (κ2) is 5.94. The van der Waals surface area contributed by atoms with Gasteiger partial charge in [-0.1, -0.05) is 22.0 Å². The van der Waals surface area contributed by atoms with Gasteiger partial charge < -0.3 is 5.32 Å². The molecule has 1 aliphatic heterocycles. The lowest BCUT2D eigenvalue weighted by molar-refractivity contribution is 0.214. The normalized spacial score (nSPS) is 27.5. The number of nitrogens with zero attached hydrogens (tertiary/aromatic N) is 1. The molecule has 1 N–H and O–H groups in total. The van der Waals surface area contributed by atoms with E-state index < -0.39 is 0 Å². The number of fused-ring (bicyclic) bond motifs is 1. The Morgan fingerprint density at radius 2 is 2.21 bits per heavy atom. The standard InChI is InChI=1S/C16H23BrN2/c1-18-10-12-6-7-19(11-12)16-5-3-13-8-15(17)4-2-14(13)9-16/h2,4,8,12,16,18H,3,5-7,9-11H2,1H3. The quantitative estimate of drug-likeness (QED) is 0.920. The molecule has 0 saturated carbocycles. The number of hydrogen-bond acceptors (Lipinski definition) is 2. The van der Waals surface area contributed by atoms with Crippen molar-refractivity contribution < 1.29 is 0 Å². The number of aryl methyl sites for hydroxylation is 1. The molecule has 1 fully saturated rings. The van der Waals surface area contributed by atoms with Crippen molar-refractivity contribution in [3.8, 4) is 0 Å². The summed E-state index contributed by atoms with van der Waals surface area (Å²) < 4.78 is 1.22. The van der Waals surface area contributed by atoms with Crippen molar-refractivity contribution in [3.63, 3.8) is 0 Å². The van der Waals surface area contributed by atoms with E-state index >= 15 is 0 Å². The maximum absolute atomic E-state index is 3.58. The van der Waals surface area contributed by atoms with Gasteiger partial charge in [-0.25, -0.2) is 0 Å². The highest BCUT2D eigenvalue weighted by Gasteiger charge is 2.30. The van der Waals surface area contributed by atoms with Crippen LogP contribution < -0.4 is 5.32 Å². The number of halogens is 1. The van der Waals surface area contributed by atoms with Crippen molar-refractivity contribution >= 4 is 15.9 Å². The molecule has 0 aromatic heterocycles. The van der Waals surface area contributed by atoms with E-state index in [4.69, 9.17) is 0 Å². The molecule has 3 rings (SSSR count). The average Bonchev–Trinajstić information content (AvgIpc) is 2.87. The monoisotopic (exact) mass is 322 g/mol. The highest BCUT2D eigenvalue weighted by molar-refractivity contribution is 9.10. The van der Waals surface area contributed by atoms with Crippen LogP contribution in [-0.4, -0.2) is 37.6 Å². The summed E-state index contributed by atoms with van der Waals surface area (Å²) in [6, 6.07) is 7.58. The SMILES string of the molecule is CNCC1CCN(C2CCc3cc(Br)ccc3C2)C1. The van der Waals surface area contributed by atoms with Crippen LogP contribution in [0, 0.1) is 5.92 Å². The second-order valence-electron chi connectivity index (χ2n) is 6.02. The summed E-state index contributed by atoms with van der Waals surface area (Å²) >= 11 is 3.58. The predicted molar refractivity (Wildman–Crippen MR) is 83.6 cm³/mol. The van der Waals surface area contributed by atoms with Crippen molar-refractivity contribution in [3.05, 3.63) is 33.8 Å². The lowest BCUT2D eigenvalue weighted by Gasteiger charge is -2.32. The van der Waals surface area contributed by atoms with Crippen molar-refractivity contribution in [2.45, 2.75) is 31.7 Å². The lowest BCUT2D eigenvalue weighted by Crippen LogP contribution is -2.38. The van der Waals surface area contributed by atoms with Crippen LogP contribution >= 0.6 is 15.9 Å². The Kier molecular flexibility index (Phi) is 4.25. The van der Waals surface area contributed by atoms with Crippen molar-refractivity contribution in [2.75, 3.05) is 26.7 Å². The highest BCUT2D eigenvalue weighted by Crippen LogP contribution is 2.29. The molecule has 1 saturated heterocycles. The summed E-state index contributed by atoms with van der Waals surface area (Å²) in [5.41, 5.74) is 3.12. The van der Waals surface area contributed by atoms with Crippen LogP contribution in [0.2, 0.25) is 0 Å². The molecular formula is C16H23BrN2. The third-order valence-corrected chi connectivity index (χ3v) is 5.19. The number of hydrogen-bond donors (Lipinski definition) is 1. The Morgan fingerprint density at radius 3 is 3.05 bits per heavy atom. The first-order valence-electron chi connectivity index (χ1n) is 7.42. The van der Waals surface area contributed by atoms with E-state index in [1.54, 1.807) is 11.1 Å². The van der Waals surface area contributed by atoms with E-state index in [1.165, 1.54) is 49.8 Å². The highest BCUT2D eigenvalue weighted by atomic mass is 79.9. The molecule has 0 spiro atoms. The average molecular weight is 323 g/mol. The van der Waals surface area contributed by atoms with Crippen LogP contribution in [0.5, 0.6) is 0 Å². The summed E-state index contributed by atoms with van der Waals surface area (Å²) in [4.78, 5) is 2.73. The Bertz CT molecular complexity index is 446. The van der Waals surface area contributed by atoms with Gasteiger partial charge in [-0.05, 0) is 75.0 Å². The van der Waals surface area contributed by atoms with E-state index in [9.17, 15) is 0 Å². The zero-order valence-corrected chi connectivity index (χ0v) is 13.2. The first kappa shape index (κ1) is 13.6. The largest absolute Gasteiger partial charge is 0.319 e. The van der Waals surface area contributed by atoms with Crippen LogP contribution in [0.3, 0.4) is 0 Å². The molecule has 3 heteroatoms. The van der Waals surface area contributed by atoms with Crippen molar-refractivity contribution in [1.29, 1.82) is 0 Å². The fourth-order valence-electron chi connectivity index (χ4n) is 3.67. The Morgan fingerprint density at radius 1 is 1.32 bits per heavy atom. The number of rotatable bonds is 3. The van der Waals surface area contributed by atoms with Crippen LogP contribution in [0.1, 0.15) is 24.0 Å². The van der Waals surface area contributed by atoms with Crippen LogP contribution in [0.15, 0.2) is 22.7 Å². The number of benzene rings is 1. The Labute approximate surface area is 124 Å². The fourth-order valence-corrected chi connectivity index (χ4v) is 4.07. The summed E-state index contributed by atoms with van der Waals surface area (Å²) in [5.74, 6) is 0.858. The number of likely N-dealkylation sites (tertiary alicyclic amines) is 1. The molecule has 0 bridgehead atoms. The third-order valence-electron chi connectivity index (χ3n) is 4.70. The molecule has 104 valence electrons. The van der Waals surface area contributed by atoms with E-state index in [2.05, 4.69) is 51.4 Å². The van der Waals surface area contributed by atoms with Gasteiger partial charge >= 0.3 is 0 Å². The maximum Gasteiger partial charge on any atom is 0.0178 e. The maximum atomic E-state index is 3.58. The van der Waals surface area contributed by atoms with Crippen molar-refractivity contribution in [2.24, 2.45) is 5.92 Å². The molecular weight excluding hydrogens is 300 g/mol. The predicted octanol–water partition coefficient (Wildman–Crippen LogP) is 2.85. The second-order valence-corrected chi connectivity index (χ2v) is 6.93. The molecule has 2 unspecified atom stereocenters. The molecule has 2 atom stereocenters. The molecule has 2 aliphatic rings. The lowest BCUT2D eigenvalue weighted by atomic mass is 9.87. The van der Waals surface area contributed by atoms with Gasteiger partial charge in [0.1, 0.15) is 0 Å². The molecule has 0 amide bonds. The van der Waals surface area contributed by atoms with Gasteiger partial charge in [-0.3, -0.25) is 4.90 Å². The van der Waals surface area contributed by atoms with Gasteiger partial charge in [0.05, 0.1) is 0 Å². The minimum absolute atomic E-state index is 0.774. The molecule has 2 nitrogen and oxygen atoms in total.